The van der Waals surface area contributed by atoms with Gasteiger partial charge < -0.3 is 14.5 Å². The van der Waals surface area contributed by atoms with Crippen LogP contribution >= 0.6 is 0 Å². The number of amides is 2. The minimum Gasteiger partial charge on any atom is -0.363 e. The molecule has 2 aliphatic heterocycles. The topological polar surface area (TPSA) is 67.7 Å². The van der Waals surface area contributed by atoms with Crippen molar-refractivity contribution in [2.75, 3.05) is 31.1 Å². The largest absolute Gasteiger partial charge is 0.363 e. The number of ether oxygens (including phenoxy) is 1. The van der Waals surface area contributed by atoms with Crippen LogP contribution in [-0.2, 0) is 16.1 Å². The van der Waals surface area contributed by atoms with E-state index in [2.05, 4.69) is 5.10 Å². The molecule has 1 aromatic carbocycles. The second-order valence-electron chi connectivity index (χ2n) is 7.49. The van der Waals surface area contributed by atoms with Gasteiger partial charge in [-0.05, 0) is 44.4 Å². The number of hydrogen-bond donors (Lipinski definition) is 0. The molecule has 0 N–H and O–H groups in total. The van der Waals surface area contributed by atoms with Gasteiger partial charge in [0.05, 0.1) is 12.1 Å². The van der Waals surface area contributed by atoms with E-state index in [1.165, 1.54) is 0 Å². The summed E-state index contributed by atoms with van der Waals surface area (Å²) in [6.45, 7) is 4.65. The number of carbonyl (C=O) groups excluding carboxylic acids is 2. The molecule has 0 saturated carbocycles. The van der Waals surface area contributed by atoms with Crippen molar-refractivity contribution in [3.05, 3.63) is 48.3 Å². The molecule has 2 amide bonds. The third-order valence-corrected chi connectivity index (χ3v) is 5.69. The Morgan fingerprint density at radius 2 is 2.00 bits per heavy atom. The van der Waals surface area contributed by atoms with E-state index in [1.54, 1.807) is 10.7 Å². The summed E-state index contributed by atoms with van der Waals surface area (Å²) in [5.41, 5.74) is 0.989. The van der Waals surface area contributed by atoms with Crippen molar-refractivity contribution in [1.29, 1.82) is 0 Å². The van der Waals surface area contributed by atoms with E-state index in [1.807, 2.05) is 53.3 Å². The minimum atomic E-state index is -0.401. The van der Waals surface area contributed by atoms with Gasteiger partial charge in [-0.3, -0.25) is 14.3 Å². The van der Waals surface area contributed by atoms with Crippen LogP contribution < -0.4 is 4.90 Å². The molecule has 2 aromatic rings. The number of aromatic nitrogens is 2. The van der Waals surface area contributed by atoms with Gasteiger partial charge in [0.25, 0.3) is 11.8 Å². The molecule has 7 nitrogen and oxygen atoms in total. The second-order valence-corrected chi connectivity index (χ2v) is 7.49. The summed E-state index contributed by atoms with van der Waals surface area (Å²) in [7, 11) is 0. The molecule has 1 atom stereocenters. The van der Waals surface area contributed by atoms with Crippen molar-refractivity contribution >= 4 is 17.5 Å². The molecule has 0 radical (unpaired) electrons. The van der Waals surface area contributed by atoms with Crippen LogP contribution in [0.3, 0.4) is 0 Å². The zero-order valence-electron chi connectivity index (χ0n) is 16.2. The van der Waals surface area contributed by atoms with Gasteiger partial charge in [0.2, 0.25) is 0 Å². The quantitative estimate of drug-likeness (QED) is 0.817. The molecular weight excluding hydrogens is 356 g/mol. The van der Waals surface area contributed by atoms with E-state index in [0.29, 0.717) is 31.7 Å². The predicted molar refractivity (Wildman–Crippen MR) is 105 cm³/mol. The van der Waals surface area contributed by atoms with Gasteiger partial charge in [0.1, 0.15) is 12.3 Å². The molecule has 0 bridgehead atoms. The third-order valence-electron chi connectivity index (χ3n) is 5.69. The first kappa shape index (κ1) is 18.7. The number of morpholine rings is 1. The summed E-state index contributed by atoms with van der Waals surface area (Å²) in [6, 6.07) is 11.5. The number of rotatable bonds is 3. The summed E-state index contributed by atoms with van der Waals surface area (Å²) < 4.78 is 7.82. The Kier molecular flexibility index (Phi) is 5.17. The maximum absolute atomic E-state index is 12.8. The Morgan fingerprint density at radius 3 is 2.75 bits per heavy atom. The molecule has 1 spiro atoms. The van der Waals surface area contributed by atoms with Crippen LogP contribution in [0.25, 0.3) is 0 Å². The number of para-hydroxylation sites is 1. The van der Waals surface area contributed by atoms with Crippen LogP contribution in [-0.4, -0.2) is 58.3 Å². The Balaban J connectivity index is 1.47. The van der Waals surface area contributed by atoms with Crippen molar-refractivity contribution < 1.29 is 14.3 Å². The molecule has 3 heterocycles. The summed E-state index contributed by atoms with van der Waals surface area (Å²) >= 11 is 0. The van der Waals surface area contributed by atoms with Crippen LogP contribution in [0.2, 0.25) is 0 Å². The minimum absolute atomic E-state index is 0.0147. The number of benzene rings is 1. The summed E-state index contributed by atoms with van der Waals surface area (Å²) in [5, 5.41) is 4.34. The monoisotopic (exact) mass is 382 g/mol. The number of aryl methyl sites for hydroxylation is 1. The van der Waals surface area contributed by atoms with Crippen LogP contribution in [0.5, 0.6) is 0 Å². The van der Waals surface area contributed by atoms with Gasteiger partial charge in [-0.1, -0.05) is 18.2 Å². The zero-order valence-corrected chi connectivity index (χ0v) is 16.2. The van der Waals surface area contributed by atoms with Crippen LogP contribution in [0, 0.1) is 0 Å². The average Bonchev–Trinajstić information content (AvgIpc) is 3.12. The smallest absolute Gasteiger partial charge is 0.274 e. The van der Waals surface area contributed by atoms with E-state index in [9.17, 15) is 9.59 Å². The van der Waals surface area contributed by atoms with E-state index < -0.39 is 5.60 Å². The number of nitrogens with zero attached hydrogens (tertiary/aromatic N) is 4. The molecule has 1 unspecified atom stereocenters. The molecular formula is C21H26N4O3. The number of carbonyl (C=O) groups is 2. The maximum atomic E-state index is 12.8. The average molecular weight is 382 g/mol. The summed E-state index contributed by atoms with van der Waals surface area (Å²) in [5.74, 6) is -0.0461. The first-order valence-electron chi connectivity index (χ1n) is 9.92. The number of hydrogen-bond acceptors (Lipinski definition) is 4. The zero-order chi connectivity index (χ0) is 19.6. The molecule has 0 aliphatic carbocycles. The van der Waals surface area contributed by atoms with Gasteiger partial charge in [0.15, 0.2) is 0 Å². The number of anilines is 1. The SMILES string of the molecule is CCn1ccc(C(=O)N2CCCC3(CC2)CN(c2ccccc2)C(=O)CO3)n1. The maximum Gasteiger partial charge on any atom is 0.274 e. The highest BCUT2D eigenvalue weighted by Crippen LogP contribution is 2.33. The molecule has 1 aromatic heterocycles. The highest BCUT2D eigenvalue weighted by molar-refractivity contribution is 5.95. The third kappa shape index (κ3) is 3.67. The lowest BCUT2D eigenvalue weighted by atomic mass is 9.92. The van der Waals surface area contributed by atoms with E-state index in [4.69, 9.17) is 4.74 Å². The highest BCUT2D eigenvalue weighted by atomic mass is 16.5. The van der Waals surface area contributed by atoms with Gasteiger partial charge in [-0.25, -0.2) is 0 Å². The van der Waals surface area contributed by atoms with Crippen LogP contribution in [0.15, 0.2) is 42.6 Å². The molecule has 148 valence electrons. The molecule has 4 rings (SSSR count). The lowest BCUT2D eigenvalue weighted by Crippen LogP contribution is -2.55. The fourth-order valence-electron chi connectivity index (χ4n) is 4.04. The second kappa shape index (κ2) is 7.75. The van der Waals surface area contributed by atoms with Crippen LogP contribution in [0.1, 0.15) is 36.7 Å². The molecule has 2 fully saturated rings. The van der Waals surface area contributed by atoms with Crippen molar-refractivity contribution in [3.63, 3.8) is 0 Å². The van der Waals surface area contributed by atoms with Crippen molar-refractivity contribution in [1.82, 2.24) is 14.7 Å². The first-order chi connectivity index (χ1) is 13.6. The lowest BCUT2D eigenvalue weighted by Gasteiger charge is -2.42. The molecule has 2 saturated heterocycles. The first-order valence-corrected chi connectivity index (χ1v) is 9.92. The fourth-order valence-corrected chi connectivity index (χ4v) is 4.04. The van der Waals surface area contributed by atoms with Gasteiger partial charge in [-0.15, -0.1) is 0 Å². The highest BCUT2D eigenvalue weighted by Gasteiger charge is 2.42. The normalized spacial score (nSPS) is 23.1. The Morgan fingerprint density at radius 1 is 1.18 bits per heavy atom. The molecule has 2 aliphatic rings. The van der Waals surface area contributed by atoms with Crippen molar-refractivity contribution in [3.8, 4) is 0 Å². The predicted octanol–water partition coefficient (Wildman–Crippen LogP) is 2.33. The van der Waals surface area contributed by atoms with Gasteiger partial charge in [0, 0.05) is 31.5 Å². The summed E-state index contributed by atoms with van der Waals surface area (Å²) in [4.78, 5) is 28.9. The van der Waals surface area contributed by atoms with Crippen molar-refractivity contribution in [2.24, 2.45) is 0 Å². The van der Waals surface area contributed by atoms with Crippen LogP contribution in [0.4, 0.5) is 5.69 Å². The summed E-state index contributed by atoms with van der Waals surface area (Å²) in [6.07, 6.45) is 4.22. The Hall–Kier alpha value is -2.67. The van der Waals surface area contributed by atoms with E-state index >= 15 is 0 Å². The fraction of sp³-hybridized carbons (Fsp3) is 0.476. The standard InChI is InChI=1S/C21H26N4O3/c1-2-24-13-9-18(22-24)20(27)23-12-6-10-21(11-14-23)16-25(19(26)15-28-21)17-7-4-3-5-8-17/h3-5,7-9,13H,2,6,10-12,14-16H2,1H3. The lowest BCUT2D eigenvalue weighted by molar-refractivity contribution is -0.140. The van der Waals surface area contributed by atoms with Crippen molar-refractivity contribution in [2.45, 2.75) is 38.3 Å². The Labute approximate surface area is 164 Å². The van der Waals surface area contributed by atoms with E-state index in [0.717, 1.165) is 25.1 Å². The molecule has 28 heavy (non-hydrogen) atoms. The van der Waals surface area contributed by atoms with Gasteiger partial charge >= 0.3 is 0 Å². The molecule has 7 heteroatoms. The Bertz CT molecular complexity index is 850. The van der Waals surface area contributed by atoms with Gasteiger partial charge in [-0.2, -0.15) is 5.10 Å². The van der Waals surface area contributed by atoms with E-state index in [-0.39, 0.29) is 18.4 Å². The number of likely N-dealkylation sites (tertiary alicyclic amines) is 1.